The minimum atomic E-state index is -3.64. The van der Waals surface area contributed by atoms with Crippen LogP contribution in [0.5, 0.6) is 0 Å². The van der Waals surface area contributed by atoms with Crippen molar-refractivity contribution in [3.05, 3.63) is 6.92 Å². The van der Waals surface area contributed by atoms with Crippen molar-refractivity contribution in [3.63, 3.8) is 0 Å². The van der Waals surface area contributed by atoms with Gasteiger partial charge in [0.15, 0.2) is 0 Å². The molecule has 0 aliphatic carbocycles. The van der Waals surface area contributed by atoms with Crippen molar-refractivity contribution in [2.24, 2.45) is 11.8 Å². The lowest BCUT2D eigenvalue weighted by Crippen LogP contribution is -2.54. The summed E-state index contributed by atoms with van der Waals surface area (Å²) in [6.45, 7) is 21.7. The number of quaternary nitrogens is 1. The van der Waals surface area contributed by atoms with E-state index in [4.69, 9.17) is 4.52 Å². The zero-order valence-electron chi connectivity index (χ0n) is 33.1. The molecule has 1 N–H and O–H groups in total. The summed E-state index contributed by atoms with van der Waals surface area (Å²) in [5, 5.41) is 0. The molecule has 0 aromatic heterocycles. The lowest BCUT2D eigenvalue weighted by molar-refractivity contribution is -0.952. The van der Waals surface area contributed by atoms with Gasteiger partial charge >= 0.3 is 7.60 Å². The molecule has 4 unspecified atom stereocenters. The number of hydrogen-bond donors (Lipinski definition) is 1. The van der Waals surface area contributed by atoms with Crippen LogP contribution < -0.4 is 0 Å². The van der Waals surface area contributed by atoms with Crippen LogP contribution in [-0.4, -0.2) is 41.9 Å². The summed E-state index contributed by atoms with van der Waals surface area (Å²) >= 11 is 0. The molecule has 0 amide bonds. The van der Waals surface area contributed by atoms with Gasteiger partial charge in [-0.3, -0.25) is 9.09 Å². The number of unbranched alkanes of at least 4 members (excludes halogenated alkanes) is 16. The maximum atomic E-state index is 13.6. The predicted molar refractivity (Wildman–Crippen MR) is 208 cm³/mol. The Labute approximate surface area is 292 Å². The number of hydrogen-bond acceptors (Lipinski definition) is 2. The molecule has 0 heterocycles. The van der Waals surface area contributed by atoms with Gasteiger partial charge in [0.25, 0.3) is 0 Å². The fraction of sp³-hybridized carbons (Fsp3) is 0.976. The summed E-state index contributed by atoms with van der Waals surface area (Å²) < 4.78 is 20.8. The maximum Gasteiger partial charge on any atom is 0.333 e. The average molecular weight is 674 g/mol. The van der Waals surface area contributed by atoms with Crippen LogP contribution in [0.15, 0.2) is 0 Å². The molecule has 46 heavy (non-hydrogen) atoms. The fourth-order valence-electron chi connectivity index (χ4n) is 6.48. The molecule has 0 spiro atoms. The molecule has 0 aliphatic rings. The van der Waals surface area contributed by atoms with Crippen molar-refractivity contribution >= 4 is 7.60 Å². The molecule has 4 atom stereocenters. The van der Waals surface area contributed by atoms with Gasteiger partial charge in [0, 0.05) is 6.42 Å². The van der Waals surface area contributed by atoms with Gasteiger partial charge in [-0.05, 0) is 44.4 Å². The highest BCUT2D eigenvalue weighted by atomic mass is 31.2. The van der Waals surface area contributed by atoms with Gasteiger partial charge < -0.3 is 16.3 Å². The molecule has 0 aromatic carbocycles. The minimum absolute atomic E-state index is 0.164. The van der Waals surface area contributed by atoms with Crippen molar-refractivity contribution in [1.29, 1.82) is 0 Å². The number of nitrogens with zero attached hydrogens (tertiary/aromatic N) is 1. The van der Waals surface area contributed by atoms with Crippen LogP contribution in [-0.2, 0) is 9.09 Å². The SMILES string of the molecule is CCCCCCCC[N+](C)(CCCCCCCC)C(CCCCCCC)OP(=O)(O)CC(CC)CCCC.[CH2-]C(CC)CCCC. The average Bonchev–Trinajstić information content (AvgIpc) is 3.04. The van der Waals surface area contributed by atoms with E-state index in [9.17, 15) is 9.46 Å². The van der Waals surface area contributed by atoms with E-state index < -0.39 is 7.60 Å². The Morgan fingerprint density at radius 3 is 1.41 bits per heavy atom. The quantitative estimate of drug-likeness (QED) is 0.0248. The van der Waals surface area contributed by atoms with Crippen molar-refractivity contribution in [3.8, 4) is 0 Å². The van der Waals surface area contributed by atoms with E-state index in [0.29, 0.717) is 12.1 Å². The first-order valence-electron chi connectivity index (χ1n) is 20.8. The lowest BCUT2D eigenvalue weighted by atomic mass is 10.0. The standard InChI is InChI=1S/C33H70NO3P.C8H17/c1-7-12-16-19-22-25-29-34(6,30-26-23-20-17-13-8-2)33(28-24-21-18-14-9-3)37-38(35,36)31-32(11-5)27-15-10-4;1-4-6-7-8(3)5-2/h32-33H,7-31H2,1-6H3;8H,3-7H2,1-2H3/q;-1/p+1. The van der Waals surface area contributed by atoms with E-state index in [-0.39, 0.29) is 12.1 Å². The lowest BCUT2D eigenvalue weighted by Gasteiger charge is -2.42. The molecule has 0 bridgehead atoms. The Bertz CT molecular complexity index is 642. The second kappa shape index (κ2) is 33.6. The summed E-state index contributed by atoms with van der Waals surface area (Å²) in [4.78, 5) is 11.2. The highest BCUT2D eigenvalue weighted by Gasteiger charge is 2.38. The maximum absolute atomic E-state index is 13.6. The molecule has 0 aliphatic heterocycles. The summed E-state index contributed by atoms with van der Waals surface area (Å²) in [6.07, 6.45) is 32.0. The largest absolute Gasteiger partial charge is 0.340 e. The van der Waals surface area contributed by atoms with E-state index in [0.717, 1.165) is 56.1 Å². The first-order chi connectivity index (χ1) is 22.1. The van der Waals surface area contributed by atoms with Crippen molar-refractivity contribution in [2.75, 3.05) is 26.3 Å². The van der Waals surface area contributed by atoms with Gasteiger partial charge in [-0.25, -0.2) is 0 Å². The molecular formula is C41H88NO3P. The topological polar surface area (TPSA) is 46.5 Å². The molecule has 0 saturated heterocycles. The molecule has 0 saturated carbocycles. The van der Waals surface area contributed by atoms with E-state index in [1.807, 2.05) is 0 Å². The zero-order chi connectivity index (χ0) is 34.9. The van der Waals surface area contributed by atoms with E-state index in [1.54, 1.807) is 0 Å². The molecule has 0 rings (SSSR count). The van der Waals surface area contributed by atoms with Gasteiger partial charge in [-0.1, -0.05) is 170 Å². The Morgan fingerprint density at radius 2 is 0.978 bits per heavy atom. The second-order valence-electron chi connectivity index (χ2n) is 14.9. The van der Waals surface area contributed by atoms with Gasteiger partial charge in [0.05, 0.1) is 26.3 Å². The zero-order valence-corrected chi connectivity index (χ0v) is 34.0. The molecule has 280 valence electrons. The molecule has 0 aromatic rings. The predicted octanol–water partition coefficient (Wildman–Crippen LogP) is 14.3. The minimum Gasteiger partial charge on any atom is -0.340 e. The summed E-state index contributed by atoms with van der Waals surface area (Å²) in [7, 11) is -1.31. The smallest absolute Gasteiger partial charge is 0.333 e. The molecule has 4 nitrogen and oxygen atoms in total. The molecule has 0 radical (unpaired) electrons. The molecular weight excluding hydrogens is 585 g/mol. The van der Waals surface area contributed by atoms with E-state index in [1.165, 1.54) is 128 Å². The van der Waals surface area contributed by atoms with Crippen LogP contribution in [0, 0.1) is 18.8 Å². The second-order valence-corrected chi connectivity index (χ2v) is 16.7. The van der Waals surface area contributed by atoms with E-state index in [2.05, 4.69) is 62.4 Å². The highest BCUT2D eigenvalue weighted by molar-refractivity contribution is 7.52. The third-order valence-electron chi connectivity index (χ3n) is 10.2. The Hall–Kier alpha value is 0.110. The first kappa shape index (κ1) is 48.2. The molecule has 5 heteroatoms. The van der Waals surface area contributed by atoms with Crippen LogP contribution in [0.3, 0.4) is 0 Å². The Kier molecular flexibility index (Phi) is 35.2. The van der Waals surface area contributed by atoms with Gasteiger partial charge in [0.2, 0.25) is 6.23 Å². The van der Waals surface area contributed by atoms with Gasteiger partial charge in [0.1, 0.15) is 0 Å². The Balaban J connectivity index is 0. The summed E-state index contributed by atoms with van der Waals surface area (Å²) in [6, 6.07) is 0. The number of rotatable bonds is 33. The Morgan fingerprint density at radius 1 is 0.565 bits per heavy atom. The van der Waals surface area contributed by atoms with Crippen molar-refractivity contribution < 1.29 is 18.5 Å². The summed E-state index contributed by atoms with van der Waals surface area (Å²) in [5.74, 6) is 0.988. The summed E-state index contributed by atoms with van der Waals surface area (Å²) in [5.41, 5.74) is 0. The van der Waals surface area contributed by atoms with Crippen LogP contribution in [0.2, 0.25) is 0 Å². The highest BCUT2D eigenvalue weighted by Crippen LogP contribution is 2.48. The van der Waals surface area contributed by atoms with Crippen LogP contribution >= 0.6 is 7.60 Å². The first-order valence-corrected chi connectivity index (χ1v) is 22.5. The van der Waals surface area contributed by atoms with Crippen molar-refractivity contribution in [2.45, 2.75) is 222 Å². The van der Waals surface area contributed by atoms with Crippen LogP contribution in [0.4, 0.5) is 0 Å². The third-order valence-corrected chi connectivity index (χ3v) is 11.7. The van der Waals surface area contributed by atoms with Crippen LogP contribution in [0.25, 0.3) is 0 Å². The van der Waals surface area contributed by atoms with Gasteiger partial charge in [-0.2, -0.15) is 5.92 Å². The van der Waals surface area contributed by atoms with Gasteiger partial charge in [-0.15, -0.1) is 0 Å². The third kappa shape index (κ3) is 29.1. The fourth-order valence-corrected chi connectivity index (χ4v) is 8.37. The van der Waals surface area contributed by atoms with Crippen molar-refractivity contribution in [1.82, 2.24) is 0 Å². The monoisotopic (exact) mass is 674 g/mol. The van der Waals surface area contributed by atoms with E-state index >= 15 is 0 Å². The van der Waals surface area contributed by atoms with Crippen LogP contribution in [0.1, 0.15) is 215 Å². The normalized spacial score (nSPS) is 15.2. The molecule has 0 fully saturated rings.